The van der Waals surface area contributed by atoms with Gasteiger partial charge in [0.15, 0.2) is 11.5 Å². The van der Waals surface area contributed by atoms with E-state index in [-0.39, 0.29) is 17.3 Å². The van der Waals surface area contributed by atoms with Crippen LogP contribution >= 0.6 is 0 Å². The van der Waals surface area contributed by atoms with Crippen molar-refractivity contribution in [3.8, 4) is 17.2 Å². The topological polar surface area (TPSA) is 127 Å². The molecule has 200 valence electrons. The van der Waals surface area contributed by atoms with Gasteiger partial charge in [-0.1, -0.05) is 19.9 Å². The molecule has 4 aromatic rings. The Kier molecular flexibility index (Phi) is 6.93. The molecular weight excluding hydrogens is 500 g/mol. The molecular formula is C29H28N4O6. The molecule has 1 aliphatic rings. The highest BCUT2D eigenvalue weighted by molar-refractivity contribution is 6.51. The first-order valence-electron chi connectivity index (χ1n) is 12.4. The summed E-state index contributed by atoms with van der Waals surface area (Å²) < 4.78 is 16.5. The van der Waals surface area contributed by atoms with Crippen molar-refractivity contribution < 1.29 is 28.9 Å². The van der Waals surface area contributed by atoms with Crippen LogP contribution in [0.3, 0.4) is 0 Å². The van der Waals surface area contributed by atoms with Gasteiger partial charge in [0.05, 0.1) is 43.1 Å². The van der Waals surface area contributed by atoms with E-state index in [1.54, 1.807) is 60.8 Å². The van der Waals surface area contributed by atoms with E-state index in [1.165, 1.54) is 19.1 Å². The van der Waals surface area contributed by atoms with Crippen molar-refractivity contribution in [1.29, 1.82) is 0 Å². The number of ketones is 1. The van der Waals surface area contributed by atoms with Crippen LogP contribution in [-0.2, 0) is 9.59 Å². The number of aliphatic hydroxyl groups is 1. The molecule has 2 aromatic carbocycles. The molecule has 1 atom stereocenters. The average Bonchev–Trinajstić information content (AvgIpc) is 3.48. The highest BCUT2D eigenvalue weighted by Gasteiger charge is 2.48. The van der Waals surface area contributed by atoms with Crippen LogP contribution < -0.4 is 19.1 Å². The second-order valence-electron chi connectivity index (χ2n) is 9.44. The van der Waals surface area contributed by atoms with Crippen LogP contribution in [0.5, 0.6) is 17.2 Å². The molecule has 3 heterocycles. The van der Waals surface area contributed by atoms with Crippen LogP contribution in [0.25, 0.3) is 16.8 Å². The standard InChI is InChI=1S/C29H28N4O6/c1-16(2)15-39-18-10-8-17(9-11-18)26(34)24-25(19-7-5-6-12-30-19)33(28(36)27(24)35)29-31-20-13-22(37-3)23(38-4)14-21(20)32-29/h5-14,16,25,34H,15H2,1-4H3,(H,31,32)/b26-24+. The number of nitrogens with one attached hydrogen (secondary N) is 1. The first-order chi connectivity index (χ1) is 18.8. The number of aromatic nitrogens is 3. The number of amides is 1. The Morgan fingerprint density at radius 3 is 2.41 bits per heavy atom. The van der Waals surface area contributed by atoms with Crippen LogP contribution in [0.15, 0.2) is 66.4 Å². The molecule has 0 saturated carbocycles. The van der Waals surface area contributed by atoms with Gasteiger partial charge in [-0.15, -0.1) is 0 Å². The van der Waals surface area contributed by atoms with Crippen molar-refractivity contribution >= 4 is 34.4 Å². The van der Waals surface area contributed by atoms with E-state index in [0.717, 1.165) is 0 Å². The number of rotatable bonds is 8. The third-order valence-corrected chi connectivity index (χ3v) is 6.33. The molecule has 1 fully saturated rings. The maximum Gasteiger partial charge on any atom is 0.302 e. The summed E-state index contributed by atoms with van der Waals surface area (Å²) in [6, 6.07) is 14.2. The lowest BCUT2D eigenvalue weighted by molar-refractivity contribution is -0.132. The predicted octanol–water partition coefficient (Wildman–Crippen LogP) is 4.64. The fraction of sp³-hybridized carbons (Fsp3) is 0.241. The number of imidazole rings is 1. The lowest BCUT2D eigenvalue weighted by atomic mass is 9.98. The minimum atomic E-state index is -1.02. The molecule has 0 bridgehead atoms. The Morgan fingerprint density at radius 2 is 1.77 bits per heavy atom. The molecule has 2 N–H and O–H groups in total. The number of anilines is 1. The van der Waals surface area contributed by atoms with Gasteiger partial charge in [0.25, 0.3) is 5.78 Å². The van der Waals surface area contributed by atoms with E-state index in [9.17, 15) is 14.7 Å². The van der Waals surface area contributed by atoms with E-state index in [4.69, 9.17) is 14.2 Å². The number of aliphatic hydroxyl groups excluding tert-OH is 1. The molecule has 10 nitrogen and oxygen atoms in total. The van der Waals surface area contributed by atoms with Gasteiger partial charge < -0.3 is 24.3 Å². The van der Waals surface area contributed by atoms with Gasteiger partial charge in [0.2, 0.25) is 5.95 Å². The zero-order chi connectivity index (χ0) is 27.7. The van der Waals surface area contributed by atoms with Crippen molar-refractivity contribution in [1.82, 2.24) is 15.0 Å². The largest absolute Gasteiger partial charge is 0.507 e. The molecule has 1 unspecified atom stereocenters. The van der Waals surface area contributed by atoms with Gasteiger partial charge in [-0.25, -0.2) is 4.98 Å². The van der Waals surface area contributed by atoms with Crippen LogP contribution in [0.4, 0.5) is 5.95 Å². The maximum atomic E-state index is 13.4. The number of carbonyl (C=O) groups excluding carboxylic acids is 2. The highest BCUT2D eigenvalue weighted by atomic mass is 16.5. The quantitative estimate of drug-likeness (QED) is 0.192. The van der Waals surface area contributed by atoms with Crippen LogP contribution in [-0.4, -0.2) is 52.6 Å². The van der Waals surface area contributed by atoms with Gasteiger partial charge in [-0.2, -0.15) is 0 Å². The smallest absolute Gasteiger partial charge is 0.302 e. The number of pyridine rings is 1. The summed E-state index contributed by atoms with van der Waals surface area (Å²) in [6.07, 6.45) is 1.56. The lowest BCUT2D eigenvalue weighted by Crippen LogP contribution is -2.30. The van der Waals surface area contributed by atoms with Crippen LogP contribution in [0.1, 0.15) is 31.1 Å². The maximum absolute atomic E-state index is 13.4. The third kappa shape index (κ3) is 4.76. The molecule has 39 heavy (non-hydrogen) atoms. The molecule has 1 saturated heterocycles. The van der Waals surface area contributed by atoms with E-state index >= 15 is 0 Å². The molecule has 0 aliphatic carbocycles. The second-order valence-corrected chi connectivity index (χ2v) is 9.44. The van der Waals surface area contributed by atoms with Gasteiger partial charge in [0, 0.05) is 23.9 Å². The van der Waals surface area contributed by atoms with Gasteiger partial charge >= 0.3 is 5.91 Å². The highest BCUT2D eigenvalue weighted by Crippen LogP contribution is 2.42. The first kappa shape index (κ1) is 25.8. The van der Waals surface area contributed by atoms with E-state index in [1.807, 2.05) is 13.8 Å². The number of H-pyrrole nitrogens is 1. The Labute approximate surface area is 224 Å². The van der Waals surface area contributed by atoms with Gasteiger partial charge in [-0.05, 0) is 42.3 Å². The number of benzene rings is 2. The zero-order valence-electron chi connectivity index (χ0n) is 22.0. The fourth-order valence-electron chi connectivity index (χ4n) is 4.43. The number of methoxy groups -OCH3 is 2. The van der Waals surface area contributed by atoms with Crippen LogP contribution in [0.2, 0.25) is 0 Å². The summed E-state index contributed by atoms with van der Waals surface area (Å²) in [5, 5.41) is 11.3. The van der Waals surface area contributed by atoms with Gasteiger partial charge in [0.1, 0.15) is 17.6 Å². The molecule has 1 aliphatic heterocycles. The summed E-state index contributed by atoms with van der Waals surface area (Å²) in [7, 11) is 3.03. The van der Waals surface area contributed by atoms with Crippen molar-refractivity contribution in [2.45, 2.75) is 19.9 Å². The Morgan fingerprint density at radius 1 is 1.05 bits per heavy atom. The van der Waals surface area contributed by atoms with Crippen molar-refractivity contribution in [2.24, 2.45) is 5.92 Å². The Bertz CT molecular complexity index is 1520. The minimum Gasteiger partial charge on any atom is -0.507 e. The fourth-order valence-corrected chi connectivity index (χ4v) is 4.43. The van der Waals surface area contributed by atoms with E-state index in [0.29, 0.717) is 52.1 Å². The summed E-state index contributed by atoms with van der Waals surface area (Å²) >= 11 is 0. The molecule has 5 rings (SSSR count). The monoisotopic (exact) mass is 528 g/mol. The van der Waals surface area contributed by atoms with Crippen molar-refractivity contribution in [3.63, 3.8) is 0 Å². The van der Waals surface area contributed by atoms with Crippen LogP contribution in [0, 0.1) is 5.92 Å². The van der Waals surface area contributed by atoms with Crippen molar-refractivity contribution in [3.05, 3.63) is 77.6 Å². The molecule has 0 spiro atoms. The summed E-state index contributed by atoms with van der Waals surface area (Å²) in [6.45, 7) is 4.64. The van der Waals surface area contributed by atoms with E-state index in [2.05, 4.69) is 15.0 Å². The average molecular weight is 529 g/mol. The summed E-state index contributed by atoms with van der Waals surface area (Å²) in [4.78, 5) is 40.1. The Hall–Kier alpha value is -4.86. The number of ether oxygens (including phenoxy) is 3. The lowest BCUT2D eigenvalue weighted by Gasteiger charge is -2.22. The van der Waals surface area contributed by atoms with E-state index < -0.39 is 17.7 Å². The number of aromatic amines is 1. The van der Waals surface area contributed by atoms with Crippen molar-refractivity contribution in [2.75, 3.05) is 25.7 Å². The predicted molar refractivity (Wildman–Crippen MR) is 145 cm³/mol. The first-order valence-corrected chi connectivity index (χ1v) is 12.4. The number of Topliss-reactive ketones (excluding diaryl/α,β-unsaturated/α-hetero) is 1. The number of fused-ring (bicyclic) bond motifs is 1. The number of hydrogen-bond donors (Lipinski definition) is 2. The third-order valence-electron chi connectivity index (χ3n) is 6.33. The Balaban J connectivity index is 1.61. The zero-order valence-corrected chi connectivity index (χ0v) is 22.0. The molecule has 2 aromatic heterocycles. The molecule has 1 amide bonds. The SMILES string of the molecule is COc1cc2nc(N3C(=O)C(=O)/C(=C(/O)c4ccc(OCC(C)C)cc4)C3c3ccccn3)[nH]c2cc1OC. The number of nitrogens with zero attached hydrogens (tertiary/aromatic N) is 3. The van der Waals surface area contributed by atoms with Gasteiger partial charge in [-0.3, -0.25) is 19.5 Å². The normalized spacial score (nSPS) is 16.7. The minimum absolute atomic E-state index is 0.0924. The summed E-state index contributed by atoms with van der Waals surface area (Å²) in [5.74, 6) is 0.0383. The molecule has 10 heteroatoms. The second kappa shape index (κ2) is 10.5. The molecule has 0 radical (unpaired) electrons. The summed E-state index contributed by atoms with van der Waals surface area (Å²) in [5.41, 5.74) is 1.74. The number of hydrogen-bond acceptors (Lipinski definition) is 8. The number of carbonyl (C=O) groups is 2.